The van der Waals surface area contributed by atoms with Gasteiger partial charge in [0.25, 0.3) is 0 Å². The maximum Gasteiger partial charge on any atom is 0.437 e. The molecule has 1 saturated heterocycles. The highest BCUT2D eigenvalue weighted by Gasteiger charge is 2.38. The highest BCUT2D eigenvalue weighted by Crippen LogP contribution is 2.35. The van der Waals surface area contributed by atoms with Crippen LogP contribution in [-0.4, -0.2) is 58.8 Å². The van der Waals surface area contributed by atoms with E-state index in [0.29, 0.717) is 35.1 Å². The summed E-state index contributed by atoms with van der Waals surface area (Å²) in [5, 5.41) is 17.8. The third-order valence-electron chi connectivity index (χ3n) is 5.77. The van der Waals surface area contributed by atoms with Gasteiger partial charge in [-0.05, 0) is 47.9 Å². The van der Waals surface area contributed by atoms with Gasteiger partial charge in [-0.25, -0.2) is 14.6 Å². The summed E-state index contributed by atoms with van der Waals surface area (Å²) in [5.41, 5.74) is 0.0571. The Morgan fingerprint density at radius 3 is 2.71 bits per heavy atom. The fraction of sp³-hybridized carbons (Fsp3) is 0.391. The summed E-state index contributed by atoms with van der Waals surface area (Å²) in [5.74, 6) is 0.442. The Balaban J connectivity index is 1.30. The number of tetrazole rings is 1. The Hall–Kier alpha value is -3.78. The maximum absolute atomic E-state index is 13.6. The number of halogens is 4. The summed E-state index contributed by atoms with van der Waals surface area (Å²) in [6, 6.07) is 5.19. The standard InChI is InChI=1S/C23H23ClF3N9O2/c1-14(10-36-13-30-33-34-36)38-20-7-15(4-5-18(20)24)16-8-28-22(29-9-16)31-19-12-35(11-17-3-2-6-37-17)32-21(19)23(25,26)27/h4-5,7-9,12-14,17H,2-3,6,10-11H2,1H3,(H,28,29,31)/t14-,17?/m0/s1. The van der Waals surface area contributed by atoms with E-state index in [0.717, 1.165) is 12.8 Å². The number of rotatable bonds is 9. The van der Waals surface area contributed by atoms with E-state index in [1.807, 2.05) is 6.92 Å². The van der Waals surface area contributed by atoms with E-state index in [9.17, 15) is 13.2 Å². The lowest BCUT2D eigenvalue weighted by Gasteiger charge is -2.16. The van der Waals surface area contributed by atoms with Gasteiger partial charge in [0.15, 0.2) is 5.69 Å². The lowest BCUT2D eigenvalue weighted by atomic mass is 10.1. The SMILES string of the molecule is C[C@@H](Cn1cnnn1)Oc1cc(-c2cnc(Nc3cn(CC4CCCO4)nc3C(F)(F)F)nc2)ccc1Cl. The second-order valence-corrected chi connectivity index (χ2v) is 9.18. The molecule has 0 amide bonds. The molecule has 4 aromatic rings. The molecule has 1 aliphatic heterocycles. The molecule has 0 radical (unpaired) electrons. The molecule has 1 aliphatic rings. The van der Waals surface area contributed by atoms with Crippen LogP contribution in [0.3, 0.4) is 0 Å². The van der Waals surface area contributed by atoms with E-state index in [2.05, 4.69) is 35.9 Å². The zero-order valence-corrected chi connectivity index (χ0v) is 20.9. The number of aromatic nitrogens is 8. The summed E-state index contributed by atoms with van der Waals surface area (Å²) in [7, 11) is 0. The molecule has 200 valence electrons. The van der Waals surface area contributed by atoms with Crippen LogP contribution in [0.2, 0.25) is 5.02 Å². The number of benzene rings is 1. The largest absolute Gasteiger partial charge is 0.487 e. The van der Waals surface area contributed by atoms with Crippen LogP contribution in [0.25, 0.3) is 11.1 Å². The Morgan fingerprint density at radius 1 is 1.21 bits per heavy atom. The van der Waals surface area contributed by atoms with Gasteiger partial charge in [-0.1, -0.05) is 17.7 Å². The summed E-state index contributed by atoms with van der Waals surface area (Å²) >= 11 is 6.31. The molecule has 0 aliphatic carbocycles. The van der Waals surface area contributed by atoms with Gasteiger partial charge < -0.3 is 14.8 Å². The second kappa shape index (κ2) is 10.9. The van der Waals surface area contributed by atoms with Gasteiger partial charge in [-0.15, -0.1) is 5.10 Å². The van der Waals surface area contributed by atoms with Gasteiger partial charge in [0.2, 0.25) is 5.95 Å². The van der Waals surface area contributed by atoms with Crippen molar-refractivity contribution in [2.45, 2.75) is 51.2 Å². The first-order chi connectivity index (χ1) is 18.2. The van der Waals surface area contributed by atoms with Crippen molar-refractivity contribution in [3.05, 3.63) is 53.8 Å². The molecule has 4 heterocycles. The molecule has 15 heteroatoms. The van der Waals surface area contributed by atoms with Crippen molar-refractivity contribution < 1.29 is 22.6 Å². The fourth-order valence-corrected chi connectivity index (χ4v) is 4.19. The number of alkyl halides is 3. The van der Waals surface area contributed by atoms with Crippen LogP contribution in [0.4, 0.5) is 24.8 Å². The van der Waals surface area contributed by atoms with Gasteiger partial charge in [0, 0.05) is 30.8 Å². The molecule has 1 unspecified atom stereocenters. The van der Waals surface area contributed by atoms with Gasteiger partial charge in [0.1, 0.15) is 18.2 Å². The summed E-state index contributed by atoms with van der Waals surface area (Å²) in [4.78, 5) is 8.40. The van der Waals surface area contributed by atoms with Crippen LogP contribution in [0.1, 0.15) is 25.5 Å². The van der Waals surface area contributed by atoms with E-state index in [-0.39, 0.29) is 30.4 Å². The number of ether oxygens (including phenoxy) is 2. The van der Waals surface area contributed by atoms with Crippen LogP contribution in [0, 0.1) is 0 Å². The van der Waals surface area contributed by atoms with E-state index in [4.69, 9.17) is 21.1 Å². The van der Waals surface area contributed by atoms with Gasteiger partial charge in [-0.3, -0.25) is 4.68 Å². The number of nitrogens with one attached hydrogen (secondary N) is 1. The Bertz CT molecular complexity index is 1360. The third-order valence-corrected chi connectivity index (χ3v) is 6.08. The molecule has 1 N–H and O–H groups in total. The number of hydrogen-bond donors (Lipinski definition) is 1. The van der Waals surface area contributed by atoms with Crippen molar-refractivity contribution in [1.82, 2.24) is 40.0 Å². The third kappa shape index (κ3) is 6.19. The fourth-order valence-electron chi connectivity index (χ4n) is 4.03. The molecule has 0 spiro atoms. The first-order valence-electron chi connectivity index (χ1n) is 11.8. The lowest BCUT2D eigenvalue weighted by molar-refractivity contribution is -0.140. The zero-order chi connectivity index (χ0) is 26.7. The number of nitrogens with zero attached hydrogens (tertiary/aromatic N) is 8. The molecule has 2 atom stereocenters. The monoisotopic (exact) mass is 549 g/mol. The lowest BCUT2D eigenvalue weighted by Crippen LogP contribution is -2.20. The van der Waals surface area contributed by atoms with Crippen molar-refractivity contribution in [2.24, 2.45) is 0 Å². The molecular formula is C23H23ClF3N9O2. The molecular weight excluding hydrogens is 527 g/mol. The van der Waals surface area contributed by atoms with E-state index >= 15 is 0 Å². The first kappa shape index (κ1) is 25.9. The van der Waals surface area contributed by atoms with Crippen LogP contribution in [-0.2, 0) is 24.0 Å². The topological polar surface area (TPSA) is 118 Å². The summed E-state index contributed by atoms with van der Waals surface area (Å²) in [6.45, 7) is 3.11. The number of anilines is 2. The van der Waals surface area contributed by atoms with Crippen LogP contribution in [0.5, 0.6) is 5.75 Å². The van der Waals surface area contributed by atoms with Crippen LogP contribution >= 0.6 is 11.6 Å². The van der Waals surface area contributed by atoms with Crippen LogP contribution < -0.4 is 10.1 Å². The van der Waals surface area contributed by atoms with E-state index in [1.165, 1.54) is 29.6 Å². The van der Waals surface area contributed by atoms with E-state index < -0.39 is 11.9 Å². The zero-order valence-electron chi connectivity index (χ0n) is 20.1. The Labute approximate surface area is 219 Å². The second-order valence-electron chi connectivity index (χ2n) is 8.77. The molecule has 1 fully saturated rings. The Morgan fingerprint density at radius 2 is 2.03 bits per heavy atom. The molecule has 5 rings (SSSR count). The average molecular weight is 550 g/mol. The van der Waals surface area contributed by atoms with Gasteiger partial charge >= 0.3 is 6.18 Å². The molecule has 38 heavy (non-hydrogen) atoms. The number of hydrogen-bond acceptors (Lipinski definition) is 9. The molecule has 11 nitrogen and oxygen atoms in total. The predicted octanol–water partition coefficient (Wildman–Crippen LogP) is 4.39. The summed E-state index contributed by atoms with van der Waals surface area (Å²) in [6.07, 6.45) is 2.35. The quantitative estimate of drug-likeness (QED) is 0.324. The van der Waals surface area contributed by atoms with Crippen molar-refractivity contribution >= 4 is 23.2 Å². The predicted molar refractivity (Wildman–Crippen MR) is 130 cm³/mol. The molecule has 3 aromatic heterocycles. The van der Waals surface area contributed by atoms with Crippen molar-refractivity contribution in [3.63, 3.8) is 0 Å². The minimum absolute atomic E-state index is 0.00332. The highest BCUT2D eigenvalue weighted by molar-refractivity contribution is 6.32. The normalized spacial score (nSPS) is 16.5. The maximum atomic E-state index is 13.6. The van der Waals surface area contributed by atoms with Crippen molar-refractivity contribution in [1.29, 1.82) is 0 Å². The Kier molecular flexibility index (Phi) is 7.42. The smallest absolute Gasteiger partial charge is 0.437 e. The average Bonchev–Trinajstić information content (AvgIpc) is 3.64. The summed E-state index contributed by atoms with van der Waals surface area (Å²) < 4.78 is 55.1. The van der Waals surface area contributed by atoms with Crippen molar-refractivity contribution in [2.75, 3.05) is 11.9 Å². The highest BCUT2D eigenvalue weighted by atomic mass is 35.5. The first-order valence-corrected chi connectivity index (χ1v) is 12.1. The minimum atomic E-state index is -4.65. The molecule has 0 saturated carbocycles. The van der Waals surface area contributed by atoms with E-state index in [1.54, 1.807) is 22.9 Å². The van der Waals surface area contributed by atoms with Gasteiger partial charge in [-0.2, -0.15) is 18.3 Å². The minimum Gasteiger partial charge on any atom is -0.487 e. The molecule has 1 aromatic carbocycles. The molecule has 0 bridgehead atoms. The van der Waals surface area contributed by atoms with Crippen LogP contribution in [0.15, 0.2) is 43.1 Å². The van der Waals surface area contributed by atoms with Gasteiger partial charge in [0.05, 0.1) is 29.9 Å². The van der Waals surface area contributed by atoms with Crippen molar-refractivity contribution in [3.8, 4) is 16.9 Å².